The second kappa shape index (κ2) is 10.5. The fourth-order valence-corrected chi connectivity index (χ4v) is 2.19. The maximum atomic E-state index is 11.9. The van der Waals surface area contributed by atoms with E-state index in [-0.39, 0.29) is 12.5 Å². The third kappa shape index (κ3) is 5.94. The Labute approximate surface area is 153 Å². The number of nitrogens with one attached hydrogen (secondary N) is 1. The molecule has 2 aromatic carbocycles. The lowest BCUT2D eigenvalue weighted by Crippen LogP contribution is -2.24. The molecule has 0 bridgehead atoms. The van der Waals surface area contributed by atoms with Crippen molar-refractivity contribution in [3.8, 4) is 11.5 Å². The first-order valence-corrected chi connectivity index (χ1v) is 8.21. The van der Waals surface area contributed by atoms with E-state index in [4.69, 9.17) is 9.47 Å². The molecule has 5 heteroatoms. The van der Waals surface area contributed by atoms with Gasteiger partial charge in [0.05, 0.1) is 6.21 Å². The fraction of sp³-hybridized carbons (Fsp3) is 0.143. The number of benzene rings is 2. The lowest BCUT2D eigenvalue weighted by atomic mass is 10.1. The summed E-state index contributed by atoms with van der Waals surface area (Å²) in [4.78, 5) is 11.9. The third-order valence-corrected chi connectivity index (χ3v) is 3.36. The summed E-state index contributed by atoms with van der Waals surface area (Å²) in [6.07, 6.45) is 5.66. The summed E-state index contributed by atoms with van der Waals surface area (Å²) in [5, 5.41) is 3.95. The molecule has 0 unspecified atom stereocenters. The van der Waals surface area contributed by atoms with E-state index in [1.807, 2.05) is 48.5 Å². The van der Waals surface area contributed by atoms with Crippen LogP contribution in [0.3, 0.4) is 0 Å². The summed E-state index contributed by atoms with van der Waals surface area (Å²) >= 11 is 0. The van der Waals surface area contributed by atoms with E-state index in [2.05, 4.69) is 23.7 Å². The second-order valence-electron chi connectivity index (χ2n) is 5.32. The predicted octanol–water partition coefficient (Wildman–Crippen LogP) is 3.51. The number of ether oxygens (including phenoxy) is 2. The van der Waals surface area contributed by atoms with Crippen molar-refractivity contribution in [1.82, 2.24) is 5.43 Å². The van der Waals surface area contributed by atoms with E-state index in [1.165, 1.54) is 6.21 Å². The van der Waals surface area contributed by atoms with Crippen LogP contribution in [-0.4, -0.2) is 25.3 Å². The Morgan fingerprint density at radius 3 is 2.50 bits per heavy atom. The summed E-state index contributed by atoms with van der Waals surface area (Å²) in [6, 6.07) is 14.9. The number of allylic oxidation sites excluding steroid dienone is 1. The molecular weight excluding hydrogens is 328 g/mol. The van der Waals surface area contributed by atoms with Crippen LogP contribution in [0, 0.1) is 0 Å². The Morgan fingerprint density at radius 1 is 1.00 bits per heavy atom. The van der Waals surface area contributed by atoms with E-state index in [9.17, 15) is 4.79 Å². The van der Waals surface area contributed by atoms with Gasteiger partial charge in [0.2, 0.25) is 0 Å². The van der Waals surface area contributed by atoms with Gasteiger partial charge in [0.25, 0.3) is 5.91 Å². The van der Waals surface area contributed by atoms with Crippen molar-refractivity contribution in [3.63, 3.8) is 0 Å². The van der Waals surface area contributed by atoms with Crippen LogP contribution in [0.4, 0.5) is 0 Å². The lowest BCUT2D eigenvalue weighted by molar-refractivity contribution is -0.123. The Balaban J connectivity index is 1.88. The van der Waals surface area contributed by atoms with Gasteiger partial charge in [0.1, 0.15) is 18.1 Å². The van der Waals surface area contributed by atoms with Crippen molar-refractivity contribution in [1.29, 1.82) is 0 Å². The average Bonchev–Trinajstić information content (AvgIpc) is 2.67. The quantitative estimate of drug-likeness (QED) is 0.405. The maximum absolute atomic E-state index is 11.9. The molecule has 5 nitrogen and oxygen atoms in total. The standard InChI is InChI=1S/C21H22N2O3/c1-3-9-17-10-5-7-12-19(17)26-16-21(24)23-22-15-18-11-6-8-13-20(18)25-14-4-2/h3-8,10-13,15H,1-2,9,14,16H2,(H,23,24)/b22-15-. The number of hydrogen-bond acceptors (Lipinski definition) is 4. The highest BCUT2D eigenvalue weighted by Gasteiger charge is 2.05. The molecule has 0 heterocycles. The molecule has 134 valence electrons. The molecule has 0 aliphatic rings. The van der Waals surface area contributed by atoms with Crippen LogP contribution in [-0.2, 0) is 11.2 Å². The molecule has 0 spiro atoms. The van der Waals surface area contributed by atoms with Crippen LogP contribution in [0.2, 0.25) is 0 Å². The van der Waals surface area contributed by atoms with E-state index in [1.54, 1.807) is 12.2 Å². The Hall–Kier alpha value is -3.34. The number of carbonyl (C=O) groups excluding carboxylic acids is 1. The van der Waals surface area contributed by atoms with E-state index in [0.29, 0.717) is 24.5 Å². The number of nitrogens with zero attached hydrogens (tertiary/aromatic N) is 1. The molecule has 0 aromatic heterocycles. The maximum Gasteiger partial charge on any atom is 0.277 e. The van der Waals surface area contributed by atoms with Gasteiger partial charge in [-0.05, 0) is 30.2 Å². The van der Waals surface area contributed by atoms with Gasteiger partial charge in [-0.3, -0.25) is 4.79 Å². The first kappa shape index (κ1) is 19.0. The largest absolute Gasteiger partial charge is 0.489 e. The topological polar surface area (TPSA) is 59.9 Å². The van der Waals surface area contributed by atoms with Crippen LogP contribution < -0.4 is 14.9 Å². The summed E-state index contributed by atoms with van der Waals surface area (Å²) < 4.78 is 11.1. The number of hydrogen-bond donors (Lipinski definition) is 1. The Kier molecular flexibility index (Phi) is 7.68. The smallest absolute Gasteiger partial charge is 0.277 e. The van der Waals surface area contributed by atoms with Gasteiger partial charge in [0.15, 0.2) is 6.61 Å². The van der Waals surface area contributed by atoms with Crippen LogP contribution >= 0.6 is 0 Å². The van der Waals surface area contributed by atoms with Gasteiger partial charge in [0, 0.05) is 5.56 Å². The van der Waals surface area contributed by atoms with Crippen LogP contribution in [0.15, 0.2) is 78.9 Å². The summed E-state index contributed by atoms with van der Waals surface area (Å²) in [5.74, 6) is 0.980. The molecule has 1 amide bonds. The van der Waals surface area contributed by atoms with Crippen molar-refractivity contribution < 1.29 is 14.3 Å². The van der Waals surface area contributed by atoms with Crippen LogP contribution in [0.5, 0.6) is 11.5 Å². The Morgan fingerprint density at radius 2 is 1.73 bits per heavy atom. The van der Waals surface area contributed by atoms with Gasteiger partial charge in [-0.25, -0.2) is 5.43 Å². The first-order valence-electron chi connectivity index (χ1n) is 8.21. The van der Waals surface area contributed by atoms with Gasteiger partial charge in [-0.2, -0.15) is 5.10 Å². The molecule has 0 radical (unpaired) electrons. The van der Waals surface area contributed by atoms with Gasteiger partial charge < -0.3 is 9.47 Å². The average molecular weight is 350 g/mol. The van der Waals surface area contributed by atoms with E-state index in [0.717, 1.165) is 11.1 Å². The van der Waals surface area contributed by atoms with Crippen LogP contribution in [0.25, 0.3) is 0 Å². The number of carbonyl (C=O) groups is 1. The van der Waals surface area contributed by atoms with Crippen LogP contribution in [0.1, 0.15) is 11.1 Å². The molecular formula is C21H22N2O3. The van der Waals surface area contributed by atoms with Crippen molar-refractivity contribution in [2.75, 3.05) is 13.2 Å². The lowest BCUT2D eigenvalue weighted by Gasteiger charge is -2.09. The monoisotopic (exact) mass is 350 g/mol. The molecule has 0 aliphatic carbocycles. The van der Waals surface area contributed by atoms with Gasteiger partial charge in [-0.15, -0.1) is 6.58 Å². The van der Waals surface area contributed by atoms with Crippen molar-refractivity contribution >= 4 is 12.1 Å². The highest BCUT2D eigenvalue weighted by molar-refractivity contribution is 5.85. The highest BCUT2D eigenvalue weighted by atomic mass is 16.5. The minimum atomic E-state index is -0.348. The predicted molar refractivity (Wildman–Crippen MR) is 104 cm³/mol. The normalized spacial score (nSPS) is 10.3. The molecule has 0 aliphatic heterocycles. The van der Waals surface area contributed by atoms with E-state index < -0.39 is 0 Å². The van der Waals surface area contributed by atoms with Crippen molar-refractivity contribution in [3.05, 3.63) is 85.0 Å². The summed E-state index contributed by atoms with van der Waals surface area (Å²) in [5.41, 5.74) is 4.18. The molecule has 0 fully saturated rings. The number of amides is 1. The number of hydrazone groups is 1. The van der Waals surface area contributed by atoms with Gasteiger partial charge in [-0.1, -0.05) is 49.1 Å². The minimum absolute atomic E-state index is 0.125. The molecule has 1 N–H and O–H groups in total. The van der Waals surface area contributed by atoms with Crippen molar-refractivity contribution in [2.24, 2.45) is 5.10 Å². The zero-order valence-corrected chi connectivity index (χ0v) is 14.6. The Bertz CT molecular complexity index is 784. The van der Waals surface area contributed by atoms with Gasteiger partial charge >= 0.3 is 0 Å². The summed E-state index contributed by atoms with van der Waals surface area (Å²) in [6.45, 7) is 7.61. The van der Waals surface area contributed by atoms with E-state index >= 15 is 0 Å². The number of rotatable bonds is 10. The SMILES string of the molecule is C=CCOc1ccccc1/C=N\NC(=O)COc1ccccc1CC=C. The number of para-hydroxylation sites is 2. The molecule has 26 heavy (non-hydrogen) atoms. The molecule has 0 atom stereocenters. The molecule has 2 aromatic rings. The molecule has 0 saturated carbocycles. The molecule has 0 saturated heterocycles. The highest BCUT2D eigenvalue weighted by Crippen LogP contribution is 2.18. The first-order chi connectivity index (χ1) is 12.7. The third-order valence-electron chi connectivity index (χ3n) is 3.36. The zero-order valence-electron chi connectivity index (χ0n) is 14.6. The second-order valence-corrected chi connectivity index (χ2v) is 5.32. The zero-order chi connectivity index (χ0) is 18.6. The van der Waals surface area contributed by atoms with Crippen molar-refractivity contribution in [2.45, 2.75) is 6.42 Å². The minimum Gasteiger partial charge on any atom is -0.489 e. The summed E-state index contributed by atoms with van der Waals surface area (Å²) in [7, 11) is 0. The fourth-order valence-electron chi connectivity index (χ4n) is 2.19. The molecule has 2 rings (SSSR count).